The van der Waals surface area contributed by atoms with Crippen LogP contribution in [0, 0.1) is 0 Å². The average molecular weight is 477 g/mol. The molecule has 2 amide bonds. The molecule has 0 spiro atoms. The molecule has 1 atom stereocenters. The molecule has 0 aliphatic carbocycles. The monoisotopic (exact) mass is 476 g/mol. The van der Waals surface area contributed by atoms with Gasteiger partial charge in [0.15, 0.2) is 24.2 Å². The molecule has 35 heavy (non-hydrogen) atoms. The Labute approximate surface area is 204 Å². The SMILES string of the molecule is COc1cccc(CN2Cc3cc(NC(=O)COc4ccccc4)ccc3OC(C)C2=O)c1OC. The van der Waals surface area contributed by atoms with Gasteiger partial charge in [0, 0.05) is 29.9 Å². The van der Waals surface area contributed by atoms with Crippen LogP contribution in [0.1, 0.15) is 18.1 Å². The molecule has 8 heteroatoms. The van der Waals surface area contributed by atoms with Crippen LogP contribution in [0.4, 0.5) is 5.69 Å². The van der Waals surface area contributed by atoms with Gasteiger partial charge in [-0.15, -0.1) is 0 Å². The predicted molar refractivity (Wildman–Crippen MR) is 131 cm³/mol. The summed E-state index contributed by atoms with van der Waals surface area (Å²) in [7, 11) is 3.15. The summed E-state index contributed by atoms with van der Waals surface area (Å²) < 4.78 is 22.4. The Morgan fingerprint density at radius 3 is 2.60 bits per heavy atom. The Morgan fingerprint density at radius 1 is 1.06 bits per heavy atom. The molecule has 3 aromatic rings. The molecular formula is C27H28N2O6. The van der Waals surface area contributed by atoms with Crippen LogP contribution in [0.2, 0.25) is 0 Å². The van der Waals surface area contributed by atoms with Gasteiger partial charge in [-0.25, -0.2) is 0 Å². The summed E-state index contributed by atoms with van der Waals surface area (Å²) in [5.74, 6) is 1.97. The van der Waals surface area contributed by atoms with Gasteiger partial charge in [-0.1, -0.05) is 30.3 Å². The number of carbonyl (C=O) groups is 2. The van der Waals surface area contributed by atoms with E-state index in [1.807, 2.05) is 42.5 Å². The van der Waals surface area contributed by atoms with Gasteiger partial charge < -0.3 is 29.2 Å². The standard InChI is InChI=1S/C27H28N2O6/c1-18-27(31)29(15-19-8-7-11-24(32-2)26(19)33-3)16-20-14-21(12-13-23(20)35-18)28-25(30)17-34-22-9-5-4-6-10-22/h4-14,18H,15-17H2,1-3H3,(H,28,30). The largest absolute Gasteiger partial charge is 0.493 e. The fourth-order valence-corrected chi connectivity index (χ4v) is 3.96. The van der Waals surface area contributed by atoms with Gasteiger partial charge in [0.2, 0.25) is 0 Å². The topological polar surface area (TPSA) is 86.3 Å². The number of fused-ring (bicyclic) bond motifs is 1. The van der Waals surface area contributed by atoms with Gasteiger partial charge in [-0.2, -0.15) is 0 Å². The van der Waals surface area contributed by atoms with Crippen molar-refractivity contribution in [1.29, 1.82) is 0 Å². The van der Waals surface area contributed by atoms with E-state index >= 15 is 0 Å². The van der Waals surface area contributed by atoms with Crippen LogP contribution >= 0.6 is 0 Å². The van der Waals surface area contributed by atoms with Crippen molar-refractivity contribution in [3.8, 4) is 23.0 Å². The molecule has 0 radical (unpaired) electrons. The molecule has 0 bridgehead atoms. The van der Waals surface area contributed by atoms with Gasteiger partial charge in [-0.3, -0.25) is 9.59 Å². The van der Waals surface area contributed by atoms with Crippen LogP contribution in [-0.4, -0.2) is 43.6 Å². The first-order valence-electron chi connectivity index (χ1n) is 11.2. The molecule has 1 aliphatic rings. The number of benzene rings is 3. The molecular weight excluding hydrogens is 448 g/mol. The Balaban J connectivity index is 1.50. The summed E-state index contributed by atoms with van der Waals surface area (Å²) in [5.41, 5.74) is 2.19. The summed E-state index contributed by atoms with van der Waals surface area (Å²) in [4.78, 5) is 27.2. The highest BCUT2D eigenvalue weighted by Crippen LogP contribution is 2.34. The van der Waals surface area contributed by atoms with Crippen LogP contribution in [0.25, 0.3) is 0 Å². The average Bonchev–Trinajstić information content (AvgIpc) is 2.99. The molecule has 1 heterocycles. The number of methoxy groups -OCH3 is 2. The van der Waals surface area contributed by atoms with Crippen LogP contribution in [-0.2, 0) is 22.7 Å². The maximum Gasteiger partial charge on any atom is 0.263 e. The molecule has 1 aliphatic heterocycles. The molecule has 1 N–H and O–H groups in total. The molecule has 0 aromatic heterocycles. The molecule has 0 fully saturated rings. The maximum atomic E-state index is 13.1. The number of carbonyl (C=O) groups excluding carboxylic acids is 2. The zero-order chi connectivity index (χ0) is 24.8. The van der Waals surface area contributed by atoms with Crippen LogP contribution in [0.15, 0.2) is 66.7 Å². The van der Waals surface area contributed by atoms with E-state index in [1.54, 1.807) is 50.3 Å². The van der Waals surface area contributed by atoms with Crippen LogP contribution in [0.3, 0.4) is 0 Å². The molecule has 1 unspecified atom stereocenters. The second-order valence-electron chi connectivity index (χ2n) is 8.08. The molecule has 3 aromatic carbocycles. The number of hydrogen-bond donors (Lipinski definition) is 1. The van der Waals surface area contributed by atoms with Gasteiger partial charge >= 0.3 is 0 Å². The van der Waals surface area contributed by atoms with Crippen molar-refractivity contribution in [3.05, 3.63) is 77.9 Å². The first-order chi connectivity index (χ1) is 17.0. The number of rotatable bonds is 8. The minimum absolute atomic E-state index is 0.116. The normalized spacial score (nSPS) is 14.9. The minimum atomic E-state index is -0.660. The van der Waals surface area contributed by atoms with Gasteiger partial charge in [0.1, 0.15) is 11.5 Å². The third-order valence-electron chi connectivity index (χ3n) is 5.63. The number of anilines is 1. The van der Waals surface area contributed by atoms with E-state index in [0.29, 0.717) is 41.8 Å². The van der Waals surface area contributed by atoms with E-state index < -0.39 is 6.10 Å². The maximum absolute atomic E-state index is 13.1. The van der Waals surface area contributed by atoms with Crippen molar-refractivity contribution < 1.29 is 28.5 Å². The van der Waals surface area contributed by atoms with Crippen molar-refractivity contribution in [2.45, 2.75) is 26.1 Å². The summed E-state index contributed by atoms with van der Waals surface area (Å²) in [5, 5.41) is 2.84. The molecule has 4 rings (SSSR count). The first-order valence-corrected chi connectivity index (χ1v) is 11.2. The highest BCUT2D eigenvalue weighted by atomic mass is 16.5. The minimum Gasteiger partial charge on any atom is -0.493 e. The Hall–Kier alpha value is -4.20. The first kappa shape index (κ1) is 23.9. The van der Waals surface area contributed by atoms with E-state index in [9.17, 15) is 9.59 Å². The summed E-state index contributed by atoms with van der Waals surface area (Å²) in [6.45, 7) is 2.23. The van der Waals surface area contributed by atoms with Crippen molar-refractivity contribution in [2.75, 3.05) is 26.1 Å². The van der Waals surface area contributed by atoms with Crippen molar-refractivity contribution in [3.63, 3.8) is 0 Å². The van der Waals surface area contributed by atoms with Crippen molar-refractivity contribution in [1.82, 2.24) is 4.90 Å². The summed E-state index contributed by atoms with van der Waals surface area (Å²) >= 11 is 0. The lowest BCUT2D eigenvalue weighted by molar-refractivity contribution is -0.138. The third kappa shape index (κ3) is 5.66. The second-order valence-corrected chi connectivity index (χ2v) is 8.08. The van der Waals surface area contributed by atoms with Crippen LogP contribution < -0.4 is 24.3 Å². The number of para-hydroxylation sites is 2. The molecule has 0 saturated carbocycles. The number of amides is 2. The lowest BCUT2D eigenvalue weighted by Crippen LogP contribution is -2.37. The lowest BCUT2D eigenvalue weighted by atomic mass is 10.1. The van der Waals surface area contributed by atoms with E-state index in [-0.39, 0.29) is 18.4 Å². The number of nitrogens with one attached hydrogen (secondary N) is 1. The Bertz CT molecular complexity index is 1200. The summed E-state index contributed by atoms with van der Waals surface area (Å²) in [6, 6.07) is 20.0. The third-order valence-corrected chi connectivity index (χ3v) is 5.63. The number of nitrogens with zero attached hydrogens (tertiary/aromatic N) is 1. The smallest absolute Gasteiger partial charge is 0.263 e. The highest BCUT2D eigenvalue weighted by molar-refractivity contribution is 5.92. The quantitative estimate of drug-likeness (QED) is 0.528. The Kier molecular flexibility index (Phi) is 7.40. The molecule has 182 valence electrons. The highest BCUT2D eigenvalue weighted by Gasteiger charge is 2.29. The number of hydrogen-bond acceptors (Lipinski definition) is 6. The Morgan fingerprint density at radius 2 is 1.86 bits per heavy atom. The van der Waals surface area contributed by atoms with Gasteiger partial charge in [0.25, 0.3) is 11.8 Å². The van der Waals surface area contributed by atoms with E-state index in [4.69, 9.17) is 18.9 Å². The van der Waals surface area contributed by atoms with E-state index in [0.717, 1.165) is 11.1 Å². The summed E-state index contributed by atoms with van der Waals surface area (Å²) in [6.07, 6.45) is -0.660. The van der Waals surface area contributed by atoms with E-state index in [1.165, 1.54) is 0 Å². The van der Waals surface area contributed by atoms with E-state index in [2.05, 4.69) is 5.32 Å². The van der Waals surface area contributed by atoms with Crippen molar-refractivity contribution >= 4 is 17.5 Å². The second kappa shape index (κ2) is 10.8. The molecule has 8 nitrogen and oxygen atoms in total. The lowest BCUT2D eigenvalue weighted by Gasteiger charge is -2.24. The zero-order valence-corrected chi connectivity index (χ0v) is 19.9. The fraction of sp³-hybridized carbons (Fsp3) is 0.259. The van der Waals surface area contributed by atoms with Gasteiger partial charge in [-0.05, 0) is 43.3 Å². The van der Waals surface area contributed by atoms with Gasteiger partial charge in [0.05, 0.1) is 14.2 Å². The number of ether oxygens (including phenoxy) is 4. The molecule has 0 saturated heterocycles. The van der Waals surface area contributed by atoms with Crippen molar-refractivity contribution in [2.24, 2.45) is 0 Å². The van der Waals surface area contributed by atoms with Crippen LogP contribution in [0.5, 0.6) is 23.0 Å². The fourth-order valence-electron chi connectivity index (χ4n) is 3.96. The zero-order valence-electron chi connectivity index (χ0n) is 19.9. The predicted octanol–water partition coefficient (Wildman–Crippen LogP) is 4.03.